The number of aliphatic hydroxyl groups is 1. The van der Waals surface area contributed by atoms with Crippen molar-refractivity contribution in [2.45, 2.75) is 30.9 Å². The summed E-state index contributed by atoms with van der Waals surface area (Å²) in [5.74, 6) is -2.94. The summed E-state index contributed by atoms with van der Waals surface area (Å²) in [5, 5.41) is 21.2. The summed E-state index contributed by atoms with van der Waals surface area (Å²) in [7, 11) is 0. The van der Waals surface area contributed by atoms with Crippen LogP contribution in [-0.4, -0.2) is 28.1 Å². The number of hydrogen-bond acceptors (Lipinski definition) is 3. The van der Waals surface area contributed by atoms with Crippen LogP contribution in [0.3, 0.4) is 0 Å². The zero-order valence-electron chi connectivity index (χ0n) is 15.0. The molecule has 2 aromatic rings. The van der Waals surface area contributed by atoms with Crippen LogP contribution in [0.25, 0.3) is 0 Å². The highest BCUT2D eigenvalue weighted by Gasteiger charge is 2.35. The quantitative estimate of drug-likeness (QED) is 0.606. The third kappa shape index (κ3) is 5.72. The Morgan fingerprint density at radius 1 is 0.900 bits per heavy atom. The Labute approximate surface area is 165 Å². The minimum absolute atomic E-state index is 0.250. The first-order chi connectivity index (χ1) is 13.8. The van der Waals surface area contributed by atoms with E-state index in [0.717, 1.165) is 30.3 Å². The standard InChI is InChI=1S/C19H15F6NO4/c20-18(21,22)12-7-5-10(6-8-12)15(27)16(28)26-14(17(29)30)9-11-3-1-2-4-13(11)19(23,24)25/h1-8,14-15,27H,9H2,(H,26,28)(H,29,30)/t14-,15+/m0/s1. The van der Waals surface area contributed by atoms with Crippen LogP contribution in [0.15, 0.2) is 48.5 Å². The topological polar surface area (TPSA) is 86.6 Å². The van der Waals surface area contributed by atoms with Gasteiger partial charge >= 0.3 is 18.3 Å². The van der Waals surface area contributed by atoms with Crippen molar-refractivity contribution in [1.29, 1.82) is 0 Å². The smallest absolute Gasteiger partial charge is 0.416 e. The Kier molecular flexibility index (Phi) is 6.76. The van der Waals surface area contributed by atoms with E-state index < -0.39 is 53.9 Å². The van der Waals surface area contributed by atoms with E-state index in [-0.39, 0.29) is 11.1 Å². The van der Waals surface area contributed by atoms with Crippen LogP contribution in [0.2, 0.25) is 0 Å². The van der Waals surface area contributed by atoms with Gasteiger partial charge in [-0.3, -0.25) is 4.79 Å². The molecular weight excluding hydrogens is 420 g/mol. The molecule has 0 heterocycles. The number of aliphatic carboxylic acids is 1. The Hall–Kier alpha value is -3.08. The van der Waals surface area contributed by atoms with Gasteiger partial charge in [-0.1, -0.05) is 30.3 Å². The highest BCUT2D eigenvalue weighted by molar-refractivity contribution is 5.87. The van der Waals surface area contributed by atoms with Crippen molar-refractivity contribution in [2.24, 2.45) is 0 Å². The van der Waals surface area contributed by atoms with Crippen molar-refractivity contribution in [3.63, 3.8) is 0 Å². The van der Waals surface area contributed by atoms with Crippen LogP contribution in [-0.2, 0) is 28.4 Å². The Balaban J connectivity index is 2.17. The first kappa shape index (κ1) is 23.2. The van der Waals surface area contributed by atoms with Gasteiger partial charge < -0.3 is 15.5 Å². The number of carboxylic acid groups (broad SMARTS) is 1. The van der Waals surface area contributed by atoms with Gasteiger partial charge in [0.15, 0.2) is 6.10 Å². The number of hydrogen-bond donors (Lipinski definition) is 3. The number of benzene rings is 2. The molecule has 0 aromatic heterocycles. The molecule has 0 saturated carbocycles. The van der Waals surface area contributed by atoms with Gasteiger partial charge in [0.2, 0.25) is 0 Å². The van der Waals surface area contributed by atoms with E-state index in [0.29, 0.717) is 12.1 Å². The molecule has 0 aliphatic heterocycles. The molecule has 0 aliphatic carbocycles. The fourth-order valence-corrected chi connectivity index (χ4v) is 2.65. The predicted octanol–water partition coefficient (Wildman–Crippen LogP) is 3.57. The number of halogens is 6. The average molecular weight is 435 g/mol. The Morgan fingerprint density at radius 3 is 1.97 bits per heavy atom. The van der Waals surface area contributed by atoms with Gasteiger partial charge in [0.25, 0.3) is 5.91 Å². The second-order valence-corrected chi connectivity index (χ2v) is 6.28. The summed E-state index contributed by atoms with van der Waals surface area (Å²) in [4.78, 5) is 23.6. The lowest BCUT2D eigenvalue weighted by Gasteiger charge is -2.20. The normalized spacial score (nSPS) is 14.1. The highest BCUT2D eigenvalue weighted by atomic mass is 19.4. The Bertz CT molecular complexity index is 908. The lowest BCUT2D eigenvalue weighted by atomic mass is 9.99. The summed E-state index contributed by atoms with van der Waals surface area (Å²) >= 11 is 0. The maximum absolute atomic E-state index is 13.1. The molecule has 0 fully saturated rings. The van der Waals surface area contributed by atoms with Crippen LogP contribution in [0.4, 0.5) is 26.3 Å². The van der Waals surface area contributed by atoms with Gasteiger partial charge in [0, 0.05) is 6.42 Å². The largest absolute Gasteiger partial charge is 0.480 e. The number of aliphatic hydroxyl groups excluding tert-OH is 1. The molecule has 2 atom stereocenters. The minimum atomic E-state index is -4.75. The fourth-order valence-electron chi connectivity index (χ4n) is 2.65. The van der Waals surface area contributed by atoms with Gasteiger partial charge in [-0.25, -0.2) is 4.79 Å². The molecule has 11 heteroatoms. The molecule has 0 unspecified atom stereocenters. The molecule has 0 radical (unpaired) electrons. The molecule has 5 nitrogen and oxygen atoms in total. The molecule has 3 N–H and O–H groups in total. The van der Waals surface area contributed by atoms with Crippen molar-refractivity contribution in [3.05, 3.63) is 70.8 Å². The maximum Gasteiger partial charge on any atom is 0.416 e. The van der Waals surface area contributed by atoms with Gasteiger partial charge in [-0.2, -0.15) is 26.3 Å². The van der Waals surface area contributed by atoms with Gasteiger partial charge in [-0.05, 0) is 29.3 Å². The average Bonchev–Trinajstić information content (AvgIpc) is 2.65. The van der Waals surface area contributed by atoms with Crippen LogP contribution in [0, 0.1) is 0 Å². The number of carbonyl (C=O) groups excluding carboxylic acids is 1. The number of alkyl halides is 6. The molecule has 162 valence electrons. The molecule has 30 heavy (non-hydrogen) atoms. The van der Waals surface area contributed by atoms with Crippen molar-refractivity contribution in [3.8, 4) is 0 Å². The van der Waals surface area contributed by atoms with Crippen LogP contribution in [0.1, 0.15) is 28.4 Å². The van der Waals surface area contributed by atoms with E-state index in [1.807, 2.05) is 5.32 Å². The van der Waals surface area contributed by atoms with Crippen molar-refractivity contribution < 1.29 is 46.1 Å². The van der Waals surface area contributed by atoms with E-state index in [1.165, 1.54) is 6.07 Å². The van der Waals surface area contributed by atoms with E-state index in [2.05, 4.69) is 0 Å². The number of rotatable bonds is 6. The molecule has 1 amide bonds. The zero-order valence-corrected chi connectivity index (χ0v) is 15.0. The fraction of sp³-hybridized carbons (Fsp3) is 0.263. The van der Waals surface area contributed by atoms with E-state index >= 15 is 0 Å². The third-order valence-electron chi connectivity index (χ3n) is 4.16. The summed E-state index contributed by atoms with van der Waals surface area (Å²) in [6.07, 6.45) is -12.1. The molecular formula is C19H15F6NO4. The predicted molar refractivity (Wildman–Crippen MR) is 91.1 cm³/mol. The monoisotopic (exact) mass is 435 g/mol. The first-order valence-corrected chi connectivity index (χ1v) is 8.34. The van der Waals surface area contributed by atoms with Gasteiger partial charge in [0.1, 0.15) is 6.04 Å². The van der Waals surface area contributed by atoms with E-state index in [1.54, 1.807) is 0 Å². The molecule has 0 aliphatic rings. The SMILES string of the molecule is O=C(O)[C@H](Cc1ccccc1C(F)(F)F)NC(=O)[C@H](O)c1ccc(C(F)(F)F)cc1. The number of carbonyl (C=O) groups is 2. The van der Waals surface area contributed by atoms with Gasteiger partial charge in [0.05, 0.1) is 11.1 Å². The number of carboxylic acids is 1. The molecule has 0 bridgehead atoms. The van der Waals surface area contributed by atoms with E-state index in [4.69, 9.17) is 0 Å². The molecule has 0 saturated heterocycles. The van der Waals surface area contributed by atoms with Crippen LogP contribution >= 0.6 is 0 Å². The second-order valence-electron chi connectivity index (χ2n) is 6.28. The van der Waals surface area contributed by atoms with Crippen molar-refractivity contribution in [1.82, 2.24) is 5.32 Å². The third-order valence-corrected chi connectivity index (χ3v) is 4.16. The second kappa shape index (κ2) is 8.74. The lowest BCUT2D eigenvalue weighted by Crippen LogP contribution is -2.44. The first-order valence-electron chi connectivity index (χ1n) is 8.34. The Morgan fingerprint density at radius 2 is 1.47 bits per heavy atom. The summed E-state index contributed by atoms with van der Waals surface area (Å²) in [6.45, 7) is 0. The summed E-state index contributed by atoms with van der Waals surface area (Å²) < 4.78 is 77.0. The molecule has 0 spiro atoms. The van der Waals surface area contributed by atoms with Crippen molar-refractivity contribution in [2.75, 3.05) is 0 Å². The lowest BCUT2D eigenvalue weighted by molar-refractivity contribution is -0.144. The minimum Gasteiger partial charge on any atom is -0.480 e. The molecule has 2 rings (SSSR count). The zero-order chi connectivity index (χ0) is 22.7. The number of amides is 1. The summed E-state index contributed by atoms with van der Waals surface area (Å²) in [6, 6.07) is 5.30. The van der Waals surface area contributed by atoms with Crippen LogP contribution in [0.5, 0.6) is 0 Å². The van der Waals surface area contributed by atoms with Crippen molar-refractivity contribution >= 4 is 11.9 Å². The van der Waals surface area contributed by atoms with Crippen LogP contribution < -0.4 is 5.32 Å². The number of nitrogens with one attached hydrogen (secondary N) is 1. The molecule has 2 aromatic carbocycles. The highest BCUT2D eigenvalue weighted by Crippen LogP contribution is 2.32. The summed E-state index contributed by atoms with van der Waals surface area (Å²) in [5.41, 5.74) is -2.73. The van der Waals surface area contributed by atoms with Gasteiger partial charge in [-0.15, -0.1) is 0 Å². The maximum atomic E-state index is 13.1. The van der Waals surface area contributed by atoms with E-state index in [9.17, 15) is 46.1 Å².